The molecule has 4 rings (SSSR count). The number of amides is 1. The number of carbonyl (C=O) groups is 1. The smallest absolute Gasteiger partial charge is 0.259 e. The SMILES string of the molecule is CCC(O)c1cnc(-c2ccc(C(=O)Nc3nc4ccccc4s3)cn2)c(F)c1. The Balaban J connectivity index is 1.52. The van der Waals surface area contributed by atoms with E-state index in [0.29, 0.717) is 28.4 Å². The number of anilines is 1. The molecule has 0 aliphatic carbocycles. The molecule has 0 bridgehead atoms. The number of hydrogen-bond acceptors (Lipinski definition) is 6. The van der Waals surface area contributed by atoms with Crippen LogP contribution >= 0.6 is 11.3 Å². The average molecular weight is 408 g/mol. The van der Waals surface area contributed by atoms with Crippen molar-refractivity contribution < 1.29 is 14.3 Å². The number of fused-ring (bicyclic) bond motifs is 1. The third-order valence-corrected chi connectivity index (χ3v) is 5.37. The van der Waals surface area contributed by atoms with E-state index < -0.39 is 11.9 Å². The van der Waals surface area contributed by atoms with Crippen molar-refractivity contribution in [1.29, 1.82) is 0 Å². The highest BCUT2D eigenvalue weighted by atomic mass is 32.1. The number of nitrogens with zero attached hydrogens (tertiary/aromatic N) is 3. The Labute approximate surface area is 170 Å². The normalized spacial score (nSPS) is 12.1. The molecule has 1 aromatic carbocycles. The van der Waals surface area contributed by atoms with Gasteiger partial charge in [0.15, 0.2) is 10.9 Å². The average Bonchev–Trinajstić information content (AvgIpc) is 3.15. The molecule has 3 aromatic heterocycles. The number of pyridine rings is 2. The Hall–Kier alpha value is -3.23. The Morgan fingerprint density at radius 2 is 2.03 bits per heavy atom. The number of thiazole rings is 1. The number of aliphatic hydroxyl groups is 1. The molecule has 4 aromatic rings. The monoisotopic (exact) mass is 408 g/mol. The summed E-state index contributed by atoms with van der Waals surface area (Å²) in [5.74, 6) is -0.924. The Bertz CT molecular complexity index is 1140. The van der Waals surface area contributed by atoms with Gasteiger partial charge in [-0.25, -0.2) is 9.37 Å². The number of aliphatic hydroxyl groups excluding tert-OH is 1. The van der Waals surface area contributed by atoms with Gasteiger partial charge in [0.05, 0.1) is 27.6 Å². The number of hydrogen-bond donors (Lipinski definition) is 2. The van der Waals surface area contributed by atoms with Crippen molar-refractivity contribution in [2.45, 2.75) is 19.4 Å². The number of halogens is 1. The van der Waals surface area contributed by atoms with Crippen molar-refractivity contribution in [2.75, 3.05) is 5.32 Å². The predicted octanol–water partition coefficient (Wildman–Crippen LogP) is 4.59. The minimum atomic E-state index is -0.757. The number of nitrogens with one attached hydrogen (secondary N) is 1. The molecule has 0 aliphatic heterocycles. The van der Waals surface area contributed by atoms with Crippen molar-refractivity contribution >= 4 is 32.6 Å². The molecule has 1 atom stereocenters. The summed E-state index contributed by atoms with van der Waals surface area (Å²) < 4.78 is 15.4. The first-order valence-electron chi connectivity index (χ1n) is 9.02. The Morgan fingerprint density at radius 3 is 2.72 bits per heavy atom. The first-order chi connectivity index (χ1) is 14.0. The number of carbonyl (C=O) groups excluding carboxylic acids is 1. The van der Waals surface area contributed by atoms with E-state index >= 15 is 0 Å². The van der Waals surface area contributed by atoms with E-state index in [1.807, 2.05) is 24.3 Å². The third-order valence-electron chi connectivity index (χ3n) is 4.42. The molecule has 2 N–H and O–H groups in total. The van der Waals surface area contributed by atoms with Crippen LogP contribution in [0.1, 0.15) is 35.4 Å². The van der Waals surface area contributed by atoms with Gasteiger partial charge in [0.2, 0.25) is 0 Å². The summed E-state index contributed by atoms with van der Waals surface area (Å²) in [6.45, 7) is 1.80. The molecule has 0 radical (unpaired) electrons. The van der Waals surface area contributed by atoms with Gasteiger partial charge in [-0.15, -0.1) is 0 Å². The lowest BCUT2D eigenvalue weighted by Crippen LogP contribution is -2.12. The van der Waals surface area contributed by atoms with Gasteiger partial charge >= 0.3 is 0 Å². The second kappa shape index (κ2) is 8.02. The standard InChI is InChI=1S/C21H17FN4O2S/c1-2-17(27)13-9-14(22)19(24-11-13)16-8-7-12(10-23-16)20(28)26-21-25-15-5-3-4-6-18(15)29-21/h3-11,17,27H,2H2,1H3,(H,25,26,28). The molecule has 0 spiro atoms. The fourth-order valence-corrected chi connectivity index (χ4v) is 3.68. The summed E-state index contributed by atoms with van der Waals surface area (Å²) in [5.41, 5.74) is 1.93. The van der Waals surface area contributed by atoms with Crippen molar-refractivity contribution in [1.82, 2.24) is 15.0 Å². The van der Waals surface area contributed by atoms with E-state index in [2.05, 4.69) is 20.3 Å². The summed E-state index contributed by atoms with van der Waals surface area (Å²) in [6.07, 6.45) is 2.51. The highest BCUT2D eigenvalue weighted by molar-refractivity contribution is 7.22. The molecule has 0 saturated carbocycles. The summed E-state index contributed by atoms with van der Waals surface area (Å²) in [5, 5.41) is 13.1. The molecule has 146 valence electrons. The minimum Gasteiger partial charge on any atom is -0.388 e. The van der Waals surface area contributed by atoms with Gasteiger partial charge in [-0.1, -0.05) is 30.4 Å². The van der Waals surface area contributed by atoms with E-state index in [1.165, 1.54) is 35.9 Å². The van der Waals surface area contributed by atoms with Gasteiger partial charge in [-0.05, 0) is 36.8 Å². The quantitative estimate of drug-likeness (QED) is 0.504. The second-order valence-corrected chi connectivity index (χ2v) is 7.43. The topological polar surface area (TPSA) is 88.0 Å². The molecule has 3 heterocycles. The molecular formula is C21H17FN4O2S. The zero-order valence-electron chi connectivity index (χ0n) is 15.5. The fraction of sp³-hybridized carbons (Fsp3) is 0.143. The van der Waals surface area contributed by atoms with Crippen molar-refractivity contribution in [3.63, 3.8) is 0 Å². The van der Waals surface area contributed by atoms with Crippen LogP contribution in [0.5, 0.6) is 0 Å². The van der Waals surface area contributed by atoms with Gasteiger partial charge in [-0.3, -0.25) is 20.1 Å². The van der Waals surface area contributed by atoms with E-state index in [4.69, 9.17) is 0 Å². The van der Waals surface area contributed by atoms with Gasteiger partial charge in [0.1, 0.15) is 5.69 Å². The van der Waals surface area contributed by atoms with Gasteiger partial charge in [0.25, 0.3) is 5.91 Å². The lowest BCUT2D eigenvalue weighted by atomic mass is 10.1. The van der Waals surface area contributed by atoms with E-state index in [-0.39, 0.29) is 11.6 Å². The van der Waals surface area contributed by atoms with Crippen LogP contribution in [-0.2, 0) is 0 Å². The van der Waals surface area contributed by atoms with E-state index in [0.717, 1.165) is 10.2 Å². The minimum absolute atomic E-state index is 0.0650. The van der Waals surface area contributed by atoms with Crippen molar-refractivity contribution in [3.8, 4) is 11.4 Å². The van der Waals surface area contributed by atoms with Crippen LogP contribution in [0, 0.1) is 5.82 Å². The Morgan fingerprint density at radius 1 is 1.21 bits per heavy atom. The molecule has 1 amide bonds. The van der Waals surface area contributed by atoms with E-state index in [1.54, 1.807) is 13.0 Å². The van der Waals surface area contributed by atoms with Crippen LogP contribution in [-0.4, -0.2) is 26.0 Å². The highest BCUT2D eigenvalue weighted by Crippen LogP contribution is 2.26. The molecule has 29 heavy (non-hydrogen) atoms. The molecule has 0 saturated heterocycles. The zero-order chi connectivity index (χ0) is 20.4. The summed E-state index contributed by atoms with van der Waals surface area (Å²) in [4.78, 5) is 25.1. The van der Waals surface area contributed by atoms with Crippen LogP contribution in [0.3, 0.4) is 0 Å². The highest BCUT2D eigenvalue weighted by Gasteiger charge is 2.15. The lowest BCUT2D eigenvalue weighted by molar-refractivity contribution is 0.102. The summed E-state index contributed by atoms with van der Waals surface area (Å²) in [6, 6.07) is 12.0. The second-order valence-electron chi connectivity index (χ2n) is 6.40. The van der Waals surface area contributed by atoms with Crippen LogP contribution in [0.15, 0.2) is 54.9 Å². The zero-order valence-corrected chi connectivity index (χ0v) is 16.3. The number of para-hydroxylation sites is 1. The molecule has 1 unspecified atom stereocenters. The maximum absolute atomic E-state index is 14.4. The van der Waals surface area contributed by atoms with Crippen LogP contribution < -0.4 is 5.32 Å². The van der Waals surface area contributed by atoms with E-state index in [9.17, 15) is 14.3 Å². The molecule has 0 fully saturated rings. The summed E-state index contributed by atoms with van der Waals surface area (Å²) in [7, 11) is 0. The van der Waals surface area contributed by atoms with Crippen LogP contribution in [0.2, 0.25) is 0 Å². The van der Waals surface area contributed by atoms with Gasteiger partial charge in [-0.2, -0.15) is 0 Å². The van der Waals surface area contributed by atoms with Gasteiger partial charge in [0, 0.05) is 18.0 Å². The molecular weight excluding hydrogens is 391 g/mol. The molecule has 8 heteroatoms. The number of rotatable bonds is 5. The van der Waals surface area contributed by atoms with Crippen molar-refractivity contribution in [3.05, 3.63) is 71.8 Å². The number of benzene rings is 1. The van der Waals surface area contributed by atoms with Crippen LogP contribution in [0.4, 0.5) is 9.52 Å². The summed E-state index contributed by atoms with van der Waals surface area (Å²) >= 11 is 1.38. The third kappa shape index (κ3) is 3.98. The Kier molecular flexibility index (Phi) is 5.28. The largest absolute Gasteiger partial charge is 0.388 e. The van der Waals surface area contributed by atoms with Gasteiger partial charge < -0.3 is 5.11 Å². The first kappa shape index (κ1) is 19.1. The maximum atomic E-state index is 14.4. The van der Waals surface area contributed by atoms with Crippen LogP contribution in [0.25, 0.3) is 21.6 Å². The number of aromatic nitrogens is 3. The predicted molar refractivity (Wildman–Crippen MR) is 110 cm³/mol. The van der Waals surface area contributed by atoms with Crippen molar-refractivity contribution in [2.24, 2.45) is 0 Å². The lowest BCUT2D eigenvalue weighted by Gasteiger charge is -2.09. The molecule has 6 nitrogen and oxygen atoms in total. The first-order valence-corrected chi connectivity index (χ1v) is 9.83. The molecule has 0 aliphatic rings. The maximum Gasteiger partial charge on any atom is 0.259 e. The fourth-order valence-electron chi connectivity index (χ4n) is 2.82.